The first-order valence-electron chi connectivity index (χ1n) is 8.02. The van der Waals surface area contributed by atoms with E-state index >= 15 is 0 Å². The van der Waals surface area contributed by atoms with E-state index in [0.717, 1.165) is 37.2 Å². The maximum Gasteiger partial charge on any atom is 0.257 e. The van der Waals surface area contributed by atoms with E-state index in [-0.39, 0.29) is 5.91 Å². The molecule has 2 fully saturated rings. The lowest BCUT2D eigenvalue weighted by atomic mass is 10.0. The molecule has 3 heterocycles. The molecule has 2 aromatic heterocycles. The number of imidazole rings is 1. The molecule has 2 aromatic rings. The molecule has 116 valence electrons. The van der Waals surface area contributed by atoms with Gasteiger partial charge in [0.15, 0.2) is 0 Å². The van der Waals surface area contributed by atoms with E-state index in [0.29, 0.717) is 12.0 Å². The number of aromatic nitrogens is 4. The van der Waals surface area contributed by atoms with Crippen LogP contribution in [0.3, 0.4) is 0 Å². The molecule has 22 heavy (non-hydrogen) atoms. The van der Waals surface area contributed by atoms with Crippen LogP contribution in [0.15, 0.2) is 24.9 Å². The first-order chi connectivity index (χ1) is 10.7. The second kappa shape index (κ2) is 5.26. The molecule has 6 heteroatoms. The largest absolute Gasteiger partial charge is 0.336 e. The van der Waals surface area contributed by atoms with Crippen molar-refractivity contribution in [2.75, 3.05) is 13.1 Å². The molecule has 6 nitrogen and oxygen atoms in total. The fourth-order valence-electron chi connectivity index (χ4n) is 3.49. The summed E-state index contributed by atoms with van der Waals surface area (Å²) in [5.74, 6) is 0.667. The summed E-state index contributed by atoms with van der Waals surface area (Å²) in [5, 5.41) is 4.32. The highest BCUT2D eigenvalue weighted by atomic mass is 16.2. The molecule has 4 rings (SSSR count). The van der Waals surface area contributed by atoms with Crippen LogP contribution in [0.1, 0.15) is 53.7 Å². The zero-order valence-electron chi connectivity index (χ0n) is 12.9. The van der Waals surface area contributed by atoms with E-state index in [4.69, 9.17) is 0 Å². The van der Waals surface area contributed by atoms with Crippen molar-refractivity contribution in [3.05, 3.63) is 36.2 Å². The number of carbonyl (C=O) groups is 1. The van der Waals surface area contributed by atoms with E-state index in [2.05, 4.69) is 14.6 Å². The van der Waals surface area contributed by atoms with Crippen LogP contribution in [-0.4, -0.2) is 43.2 Å². The number of carbonyl (C=O) groups excluding carboxylic acids is 1. The van der Waals surface area contributed by atoms with Crippen LogP contribution in [0.4, 0.5) is 0 Å². The van der Waals surface area contributed by atoms with Gasteiger partial charge in [0.05, 0.1) is 29.8 Å². The van der Waals surface area contributed by atoms with Gasteiger partial charge in [-0.2, -0.15) is 5.10 Å². The lowest BCUT2D eigenvalue weighted by Crippen LogP contribution is -2.40. The van der Waals surface area contributed by atoms with Crippen molar-refractivity contribution in [1.29, 1.82) is 0 Å². The summed E-state index contributed by atoms with van der Waals surface area (Å²) in [6.07, 6.45) is 11.9. The third-order valence-electron chi connectivity index (χ3n) is 4.81. The van der Waals surface area contributed by atoms with Gasteiger partial charge in [-0.3, -0.25) is 9.48 Å². The van der Waals surface area contributed by atoms with E-state index in [1.807, 2.05) is 29.2 Å². The Balaban J connectivity index is 1.55. The number of aryl methyl sites for hydroxylation is 1. The van der Waals surface area contributed by atoms with Gasteiger partial charge in [-0.25, -0.2) is 4.98 Å². The Hall–Kier alpha value is -2.11. The Morgan fingerprint density at radius 1 is 1.32 bits per heavy atom. The van der Waals surface area contributed by atoms with Crippen LogP contribution in [-0.2, 0) is 7.05 Å². The van der Waals surface area contributed by atoms with E-state index < -0.39 is 0 Å². The number of nitrogens with zero attached hydrogens (tertiary/aromatic N) is 5. The second-order valence-corrected chi connectivity index (χ2v) is 6.40. The van der Waals surface area contributed by atoms with Crippen LogP contribution in [0, 0.1) is 0 Å². The molecule has 1 aliphatic heterocycles. The van der Waals surface area contributed by atoms with Crippen molar-refractivity contribution in [2.24, 2.45) is 7.05 Å². The van der Waals surface area contributed by atoms with E-state index in [1.165, 1.54) is 12.8 Å². The average molecular weight is 299 g/mol. The summed E-state index contributed by atoms with van der Waals surface area (Å²) in [6, 6.07) is 0.334. The Labute approximate surface area is 129 Å². The number of rotatable bonds is 3. The quantitative estimate of drug-likeness (QED) is 0.870. The summed E-state index contributed by atoms with van der Waals surface area (Å²) < 4.78 is 3.99. The molecule has 0 aromatic carbocycles. The molecule has 0 bridgehead atoms. The Kier molecular flexibility index (Phi) is 3.24. The van der Waals surface area contributed by atoms with Gasteiger partial charge in [-0.1, -0.05) is 0 Å². The summed E-state index contributed by atoms with van der Waals surface area (Å²) >= 11 is 0. The maximum atomic E-state index is 12.9. The molecule has 1 saturated carbocycles. The second-order valence-electron chi connectivity index (χ2n) is 6.40. The third kappa shape index (κ3) is 2.32. The predicted octanol–water partition coefficient (Wildman–Crippen LogP) is 1.97. The molecule has 2 aliphatic rings. The van der Waals surface area contributed by atoms with Gasteiger partial charge in [0, 0.05) is 38.4 Å². The van der Waals surface area contributed by atoms with Gasteiger partial charge in [-0.05, 0) is 25.7 Å². The first-order valence-corrected chi connectivity index (χ1v) is 8.02. The number of likely N-dealkylation sites (tertiary alicyclic amines) is 1. The minimum absolute atomic E-state index is 0.139. The van der Waals surface area contributed by atoms with Crippen LogP contribution >= 0.6 is 0 Å². The molecule has 1 aliphatic carbocycles. The molecule has 0 N–H and O–H groups in total. The van der Waals surface area contributed by atoms with Gasteiger partial charge in [0.2, 0.25) is 0 Å². The van der Waals surface area contributed by atoms with Gasteiger partial charge in [0.1, 0.15) is 0 Å². The Morgan fingerprint density at radius 3 is 2.91 bits per heavy atom. The number of amides is 1. The maximum absolute atomic E-state index is 12.9. The highest BCUT2D eigenvalue weighted by Gasteiger charge is 2.34. The minimum Gasteiger partial charge on any atom is -0.336 e. The van der Waals surface area contributed by atoms with Gasteiger partial charge in [-0.15, -0.1) is 0 Å². The van der Waals surface area contributed by atoms with Gasteiger partial charge >= 0.3 is 0 Å². The van der Waals surface area contributed by atoms with Gasteiger partial charge < -0.3 is 9.47 Å². The molecular formula is C16H21N5O. The molecule has 1 atom stereocenters. The lowest BCUT2D eigenvalue weighted by Gasteiger charge is -2.33. The van der Waals surface area contributed by atoms with Crippen LogP contribution < -0.4 is 0 Å². The number of piperidine rings is 1. The fourth-order valence-corrected chi connectivity index (χ4v) is 3.49. The van der Waals surface area contributed by atoms with Crippen LogP contribution in [0.5, 0.6) is 0 Å². The summed E-state index contributed by atoms with van der Waals surface area (Å²) in [7, 11) is 1.94. The molecular weight excluding hydrogens is 278 g/mol. The highest BCUT2D eigenvalue weighted by molar-refractivity contribution is 5.95. The molecule has 1 amide bonds. The summed E-state index contributed by atoms with van der Waals surface area (Å²) in [4.78, 5) is 19.0. The smallest absolute Gasteiger partial charge is 0.257 e. The Bertz CT molecular complexity index is 671. The van der Waals surface area contributed by atoms with Crippen LogP contribution in [0.25, 0.3) is 0 Å². The third-order valence-corrected chi connectivity index (χ3v) is 4.81. The predicted molar refractivity (Wildman–Crippen MR) is 81.6 cm³/mol. The lowest BCUT2D eigenvalue weighted by molar-refractivity contribution is 0.0678. The van der Waals surface area contributed by atoms with E-state index in [9.17, 15) is 4.79 Å². The summed E-state index contributed by atoms with van der Waals surface area (Å²) in [5.41, 5.74) is 1.92. The average Bonchev–Trinajstić information content (AvgIpc) is 3.08. The SMILES string of the molecule is Cn1ncc(C(=O)N2CCC[C@H](n3ccnc3)C2)c1C1CC1. The van der Waals surface area contributed by atoms with Crippen LogP contribution in [0.2, 0.25) is 0 Å². The van der Waals surface area contributed by atoms with Crippen molar-refractivity contribution < 1.29 is 4.79 Å². The van der Waals surface area contributed by atoms with Crippen molar-refractivity contribution >= 4 is 5.91 Å². The van der Waals surface area contributed by atoms with Gasteiger partial charge in [0.25, 0.3) is 5.91 Å². The van der Waals surface area contributed by atoms with Crippen molar-refractivity contribution in [1.82, 2.24) is 24.2 Å². The topological polar surface area (TPSA) is 56.0 Å². The molecule has 1 saturated heterocycles. The highest BCUT2D eigenvalue weighted by Crippen LogP contribution is 2.41. The first kappa shape index (κ1) is 13.5. The van der Waals surface area contributed by atoms with Crippen molar-refractivity contribution in [3.63, 3.8) is 0 Å². The Morgan fingerprint density at radius 2 is 2.18 bits per heavy atom. The zero-order valence-corrected chi connectivity index (χ0v) is 12.9. The monoisotopic (exact) mass is 299 g/mol. The summed E-state index contributed by atoms with van der Waals surface area (Å²) in [6.45, 7) is 1.59. The number of hydrogen-bond acceptors (Lipinski definition) is 3. The standard InChI is InChI=1S/C16H21N5O/c1-19-15(12-4-5-12)14(9-18-19)16(22)20-7-2-3-13(10-20)21-8-6-17-11-21/h6,8-9,11-13H,2-5,7,10H2,1H3/t13-/m0/s1. The normalized spacial score (nSPS) is 22.0. The van der Waals surface area contributed by atoms with E-state index in [1.54, 1.807) is 12.4 Å². The zero-order chi connectivity index (χ0) is 15.1. The number of hydrogen-bond donors (Lipinski definition) is 0. The fraction of sp³-hybridized carbons (Fsp3) is 0.562. The van der Waals surface area contributed by atoms with Crippen molar-refractivity contribution in [2.45, 2.75) is 37.6 Å². The molecule has 0 unspecified atom stereocenters. The minimum atomic E-state index is 0.139. The van der Waals surface area contributed by atoms with Crippen molar-refractivity contribution in [3.8, 4) is 0 Å². The molecule has 0 spiro atoms. The molecule has 0 radical (unpaired) electrons.